The molecule has 4 nitrogen and oxygen atoms in total. The zero-order chi connectivity index (χ0) is 21.8. The van der Waals surface area contributed by atoms with Gasteiger partial charge in [0.1, 0.15) is 11.9 Å². The van der Waals surface area contributed by atoms with E-state index in [-0.39, 0.29) is 40.5 Å². The van der Waals surface area contributed by atoms with E-state index in [1.165, 1.54) is 18.1 Å². The Morgan fingerprint density at radius 1 is 1.23 bits per heavy atom. The highest BCUT2D eigenvalue weighted by Gasteiger charge is 2.63. The monoisotopic (exact) mass is 412 g/mol. The second-order valence-electron chi connectivity index (χ2n) is 10.6. The normalized spacial score (nSPS) is 41.2. The molecular weight excluding hydrogens is 376 g/mol. The van der Waals surface area contributed by atoms with Crippen LogP contribution in [0.4, 0.5) is 0 Å². The number of fused-ring (bicyclic) bond motifs is 5. The van der Waals surface area contributed by atoms with Crippen molar-refractivity contribution in [2.45, 2.75) is 85.7 Å². The summed E-state index contributed by atoms with van der Waals surface area (Å²) in [6.07, 6.45) is 9.68. The average Bonchev–Trinajstić information content (AvgIpc) is 2.94. The molecule has 0 amide bonds. The van der Waals surface area contributed by atoms with Gasteiger partial charge in [-0.2, -0.15) is 0 Å². The zero-order valence-corrected chi connectivity index (χ0v) is 19.1. The molecule has 0 aliphatic heterocycles. The molecule has 7 atom stereocenters. The number of ketones is 2. The topological polar surface area (TPSA) is 60.4 Å². The second-order valence-corrected chi connectivity index (χ2v) is 10.6. The van der Waals surface area contributed by atoms with E-state index in [0.29, 0.717) is 24.0 Å². The number of ether oxygens (including phenoxy) is 1. The molecule has 4 rings (SSSR count). The Balaban J connectivity index is 1.73. The van der Waals surface area contributed by atoms with Gasteiger partial charge in [0.25, 0.3) is 0 Å². The maximum absolute atomic E-state index is 13.3. The Hall–Kier alpha value is -1.71. The summed E-state index contributed by atoms with van der Waals surface area (Å²) in [4.78, 5) is 37.3. The SMILES string of the molecule is CCC[C@H](OC(C)=O)[C@@H]1CC(=O)[C@@]2(C)CC[C@H]3[C@@H](CCC4=CC(=O)C=C(C)[C@@]43C)[C@H]12. The van der Waals surface area contributed by atoms with Crippen LogP contribution in [0, 0.1) is 34.5 Å². The first-order valence-electron chi connectivity index (χ1n) is 11.8. The summed E-state index contributed by atoms with van der Waals surface area (Å²) in [6, 6.07) is 0. The Labute approximate surface area is 180 Å². The Kier molecular flexibility index (Phi) is 5.35. The molecule has 0 saturated heterocycles. The average molecular weight is 413 g/mol. The Bertz CT molecular complexity index is 836. The Morgan fingerprint density at radius 2 is 1.97 bits per heavy atom. The third kappa shape index (κ3) is 3.05. The molecule has 0 radical (unpaired) electrons. The molecule has 3 fully saturated rings. The van der Waals surface area contributed by atoms with E-state index in [1.807, 2.05) is 12.2 Å². The molecule has 0 bridgehead atoms. The van der Waals surface area contributed by atoms with Gasteiger partial charge >= 0.3 is 5.97 Å². The summed E-state index contributed by atoms with van der Waals surface area (Å²) in [6.45, 7) is 10.2. The number of carbonyl (C=O) groups is 3. The van der Waals surface area contributed by atoms with Crippen molar-refractivity contribution in [3.63, 3.8) is 0 Å². The van der Waals surface area contributed by atoms with E-state index in [1.54, 1.807) is 0 Å². The predicted octanol–water partition coefficient (Wildman–Crippen LogP) is 5.21. The van der Waals surface area contributed by atoms with Gasteiger partial charge in [-0.15, -0.1) is 0 Å². The van der Waals surface area contributed by atoms with E-state index in [4.69, 9.17) is 4.74 Å². The minimum atomic E-state index is -0.308. The van der Waals surface area contributed by atoms with Gasteiger partial charge in [0, 0.05) is 30.1 Å². The van der Waals surface area contributed by atoms with Crippen LogP contribution < -0.4 is 0 Å². The molecule has 4 aliphatic rings. The number of carbonyl (C=O) groups excluding carboxylic acids is 3. The highest BCUT2D eigenvalue weighted by atomic mass is 16.5. The molecule has 3 saturated carbocycles. The van der Waals surface area contributed by atoms with Crippen molar-refractivity contribution in [1.82, 2.24) is 0 Å². The molecule has 164 valence electrons. The van der Waals surface area contributed by atoms with Crippen LogP contribution in [-0.4, -0.2) is 23.6 Å². The van der Waals surface area contributed by atoms with E-state index < -0.39 is 0 Å². The van der Waals surface area contributed by atoms with Crippen molar-refractivity contribution in [3.05, 3.63) is 23.3 Å². The van der Waals surface area contributed by atoms with Crippen LogP contribution in [0.2, 0.25) is 0 Å². The van der Waals surface area contributed by atoms with E-state index in [9.17, 15) is 14.4 Å². The largest absolute Gasteiger partial charge is 0.462 e. The lowest BCUT2D eigenvalue weighted by Crippen LogP contribution is -2.53. The minimum Gasteiger partial charge on any atom is -0.462 e. The van der Waals surface area contributed by atoms with Gasteiger partial charge in [0.05, 0.1) is 0 Å². The van der Waals surface area contributed by atoms with Crippen LogP contribution in [0.3, 0.4) is 0 Å². The van der Waals surface area contributed by atoms with Gasteiger partial charge in [-0.25, -0.2) is 0 Å². The van der Waals surface area contributed by atoms with Crippen LogP contribution in [-0.2, 0) is 19.1 Å². The molecule has 0 heterocycles. The predicted molar refractivity (Wildman–Crippen MR) is 116 cm³/mol. The third-order valence-electron chi connectivity index (χ3n) is 9.23. The maximum Gasteiger partial charge on any atom is 0.302 e. The van der Waals surface area contributed by atoms with Gasteiger partial charge in [-0.3, -0.25) is 14.4 Å². The summed E-state index contributed by atoms with van der Waals surface area (Å²) in [5.74, 6) is 1.47. The lowest BCUT2D eigenvalue weighted by atomic mass is 9.46. The van der Waals surface area contributed by atoms with Crippen molar-refractivity contribution >= 4 is 17.5 Å². The number of esters is 1. The summed E-state index contributed by atoms with van der Waals surface area (Å²) in [5.41, 5.74) is 2.06. The number of hydrogen-bond acceptors (Lipinski definition) is 4. The fourth-order valence-corrected chi connectivity index (χ4v) is 7.73. The molecular formula is C26H36O4. The molecule has 0 aromatic heterocycles. The summed E-state index contributed by atoms with van der Waals surface area (Å²) in [5, 5.41) is 0. The molecule has 4 aliphatic carbocycles. The standard InChI is InChI=1S/C26H36O4/c1-6-7-22(30-16(3)27)20-14-23(29)25(4)11-10-21-19(24(20)25)9-8-17-13-18(28)12-15(2)26(17,21)5/h12-13,19-22,24H,6-11,14H2,1-5H3/t19-,20+,21+,22+,24-,25-,26+/m1/s1. The third-order valence-corrected chi connectivity index (χ3v) is 9.23. The van der Waals surface area contributed by atoms with Crippen molar-refractivity contribution < 1.29 is 19.1 Å². The van der Waals surface area contributed by atoms with Gasteiger partial charge < -0.3 is 4.74 Å². The van der Waals surface area contributed by atoms with Gasteiger partial charge in [0.15, 0.2) is 5.78 Å². The van der Waals surface area contributed by atoms with Crippen molar-refractivity contribution in [1.29, 1.82) is 0 Å². The number of Topliss-reactive ketones (excluding diaryl/α,β-unsaturated/α-hetero) is 1. The first-order chi connectivity index (χ1) is 14.1. The highest BCUT2D eigenvalue weighted by molar-refractivity contribution is 6.02. The molecule has 0 aromatic carbocycles. The number of rotatable bonds is 4. The van der Waals surface area contributed by atoms with Crippen LogP contribution in [0.1, 0.15) is 79.6 Å². The van der Waals surface area contributed by atoms with E-state index in [0.717, 1.165) is 38.5 Å². The number of allylic oxidation sites excluding steroid dienone is 4. The van der Waals surface area contributed by atoms with Crippen LogP contribution >= 0.6 is 0 Å². The molecule has 0 unspecified atom stereocenters. The van der Waals surface area contributed by atoms with Gasteiger partial charge in [0.2, 0.25) is 0 Å². The quantitative estimate of drug-likeness (QED) is 0.595. The van der Waals surface area contributed by atoms with E-state index >= 15 is 0 Å². The summed E-state index contributed by atoms with van der Waals surface area (Å²) in [7, 11) is 0. The highest BCUT2D eigenvalue weighted by Crippen LogP contribution is 2.66. The lowest BCUT2D eigenvalue weighted by molar-refractivity contribution is -0.153. The molecule has 30 heavy (non-hydrogen) atoms. The molecule has 0 spiro atoms. The van der Waals surface area contributed by atoms with Crippen LogP contribution in [0.25, 0.3) is 0 Å². The van der Waals surface area contributed by atoms with Crippen molar-refractivity contribution in [2.24, 2.45) is 34.5 Å². The summed E-state index contributed by atoms with van der Waals surface area (Å²) < 4.78 is 5.81. The lowest BCUT2D eigenvalue weighted by Gasteiger charge is -2.58. The number of hydrogen-bond donors (Lipinski definition) is 0. The summed E-state index contributed by atoms with van der Waals surface area (Å²) >= 11 is 0. The van der Waals surface area contributed by atoms with Gasteiger partial charge in [-0.1, -0.05) is 38.3 Å². The van der Waals surface area contributed by atoms with Crippen LogP contribution in [0.15, 0.2) is 23.3 Å². The second kappa shape index (κ2) is 7.46. The first kappa shape index (κ1) is 21.5. The minimum absolute atomic E-state index is 0.0873. The van der Waals surface area contributed by atoms with Crippen molar-refractivity contribution in [3.8, 4) is 0 Å². The smallest absolute Gasteiger partial charge is 0.302 e. The Morgan fingerprint density at radius 3 is 2.63 bits per heavy atom. The van der Waals surface area contributed by atoms with Crippen molar-refractivity contribution in [2.75, 3.05) is 0 Å². The molecule has 4 heteroatoms. The zero-order valence-electron chi connectivity index (χ0n) is 19.1. The fourth-order valence-electron chi connectivity index (χ4n) is 7.73. The van der Waals surface area contributed by atoms with Crippen LogP contribution in [0.5, 0.6) is 0 Å². The molecule has 0 aromatic rings. The first-order valence-corrected chi connectivity index (χ1v) is 11.8. The molecule has 0 N–H and O–H groups in total. The van der Waals surface area contributed by atoms with E-state index in [2.05, 4.69) is 27.7 Å². The maximum atomic E-state index is 13.3. The van der Waals surface area contributed by atoms with Gasteiger partial charge in [-0.05, 0) is 68.9 Å². The fraction of sp³-hybridized carbons (Fsp3) is 0.731.